The minimum Gasteiger partial charge on any atom is -0.385 e. The predicted molar refractivity (Wildman–Crippen MR) is 98.3 cm³/mol. The molecule has 1 amide bonds. The van der Waals surface area contributed by atoms with E-state index in [2.05, 4.69) is 15.3 Å². The Bertz CT molecular complexity index is 981. The van der Waals surface area contributed by atoms with E-state index in [0.717, 1.165) is 43.5 Å². The number of amides is 1. The standard InChI is InChI=1S/C19H17F5N4O2/c1-18(19(23,24)9-30-8-15(25)28-18)12-6-11(3-4-13(12)20)27-17(29)14-5-2-10(7-26-14)16(21)22/h2-7,16H,8-9H2,1H3,(H2,25,28)(H,27,29)/t18-/m1/s1. The number of rotatable bonds is 4. The van der Waals surface area contributed by atoms with E-state index < -0.39 is 41.8 Å². The number of alkyl halides is 4. The lowest BCUT2D eigenvalue weighted by Gasteiger charge is -2.33. The second kappa shape index (κ2) is 7.98. The average molecular weight is 428 g/mol. The van der Waals surface area contributed by atoms with Gasteiger partial charge in [0, 0.05) is 23.0 Å². The fourth-order valence-electron chi connectivity index (χ4n) is 2.92. The van der Waals surface area contributed by atoms with Crippen molar-refractivity contribution >= 4 is 17.4 Å². The summed E-state index contributed by atoms with van der Waals surface area (Å²) in [6, 6.07) is 5.19. The van der Waals surface area contributed by atoms with E-state index >= 15 is 0 Å². The van der Waals surface area contributed by atoms with Gasteiger partial charge in [0.15, 0.2) is 5.54 Å². The number of halogens is 5. The van der Waals surface area contributed by atoms with Crippen LogP contribution in [-0.4, -0.2) is 35.9 Å². The minimum absolute atomic E-state index is 0.0212. The van der Waals surface area contributed by atoms with Crippen LogP contribution in [0.2, 0.25) is 0 Å². The molecule has 3 rings (SSSR count). The first kappa shape index (κ1) is 21.6. The molecule has 1 aromatic carbocycles. The van der Waals surface area contributed by atoms with Gasteiger partial charge in [-0.2, -0.15) is 0 Å². The van der Waals surface area contributed by atoms with Gasteiger partial charge in [-0.1, -0.05) is 0 Å². The Morgan fingerprint density at radius 1 is 1.27 bits per heavy atom. The van der Waals surface area contributed by atoms with Gasteiger partial charge in [-0.25, -0.2) is 22.0 Å². The lowest BCUT2D eigenvalue weighted by atomic mass is 9.85. The molecule has 0 spiro atoms. The first-order chi connectivity index (χ1) is 14.0. The number of nitrogens with zero attached hydrogens (tertiary/aromatic N) is 2. The molecule has 1 atom stereocenters. The Kier molecular flexibility index (Phi) is 5.75. The highest BCUT2D eigenvalue weighted by molar-refractivity contribution is 6.02. The molecule has 3 N–H and O–H groups in total. The average Bonchev–Trinajstić information content (AvgIpc) is 2.78. The molecule has 1 aromatic heterocycles. The molecule has 6 nitrogen and oxygen atoms in total. The Morgan fingerprint density at radius 3 is 2.63 bits per heavy atom. The fraction of sp³-hybridized carbons (Fsp3) is 0.316. The van der Waals surface area contributed by atoms with Crippen molar-refractivity contribution < 1.29 is 31.5 Å². The summed E-state index contributed by atoms with van der Waals surface area (Å²) < 4.78 is 73.9. The topological polar surface area (TPSA) is 89.6 Å². The molecule has 0 fully saturated rings. The Labute approximate surface area is 168 Å². The van der Waals surface area contributed by atoms with Crippen LogP contribution in [0.1, 0.15) is 35.0 Å². The number of hydrogen-bond donors (Lipinski definition) is 2. The largest absolute Gasteiger partial charge is 0.385 e. The third-order valence-corrected chi connectivity index (χ3v) is 4.63. The summed E-state index contributed by atoms with van der Waals surface area (Å²) in [6.07, 6.45) is -1.89. The van der Waals surface area contributed by atoms with Gasteiger partial charge in [0.25, 0.3) is 18.3 Å². The normalized spacial score (nSPS) is 21.1. The molecule has 160 valence electrons. The lowest BCUT2D eigenvalue weighted by molar-refractivity contribution is -0.116. The Morgan fingerprint density at radius 2 is 2.00 bits per heavy atom. The van der Waals surface area contributed by atoms with Crippen LogP contribution in [0.15, 0.2) is 41.5 Å². The zero-order chi connectivity index (χ0) is 22.1. The van der Waals surface area contributed by atoms with Gasteiger partial charge in [-0.15, -0.1) is 0 Å². The molecule has 2 heterocycles. The van der Waals surface area contributed by atoms with Crippen molar-refractivity contribution in [3.8, 4) is 0 Å². The first-order valence-electron chi connectivity index (χ1n) is 8.69. The Hall–Kier alpha value is -3.08. The molecule has 11 heteroatoms. The number of carbonyl (C=O) groups is 1. The molecule has 1 aliphatic rings. The van der Waals surface area contributed by atoms with Crippen LogP contribution < -0.4 is 11.1 Å². The molecular formula is C19H17F5N4O2. The van der Waals surface area contributed by atoms with Crippen molar-refractivity contribution in [2.75, 3.05) is 18.5 Å². The molecule has 0 radical (unpaired) electrons. The zero-order valence-corrected chi connectivity index (χ0v) is 15.6. The number of carbonyl (C=O) groups excluding carboxylic acids is 1. The number of anilines is 1. The summed E-state index contributed by atoms with van der Waals surface area (Å²) in [6.45, 7) is -0.336. The summed E-state index contributed by atoms with van der Waals surface area (Å²) in [5.74, 6) is -5.60. The van der Waals surface area contributed by atoms with E-state index in [1.165, 1.54) is 0 Å². The highest BCUT2D eigenvalue weighted by Crippen LogP contribution is 2.44. The van der Waals surface area contributed by atoms with E-state index in [9.17, 15) is 26.7 Å². The predicted octanol–water partition coefficient (Wildman–Crippen LogP) is 3.65. The van der Waals surface area contributed by atoms with E-state index in [0.29, 0.717) is 0 Å². The van der Waals surface area contributed by atoms with Crippen LogP contribution >= 0.6 is 0 Å². The summed E-state index contributed by atoms with van der Waals surface area (Å²) in [4.78, 5) is 19.7. The van der Waals surface area contributed by atoms with Crippen molar-refractivity contribution in [2.45, 2.75) is 24.8 Å². The first-order valence-corrected chi connectivity index (χ1v) is 8.69. The van der Waals surface area contributed by atoms with Gasteiger partial charge in [-0.05, 0) is 37.3 Å². The van der Waals surface area contributed by atoms with Crippen molar-refractivity contribution in [1.82, 2.24) is 4.98 Å². The monoisotopic (exact) mass is 428 g/mol. The third-order valence-electron chi connectivity index (χ3n) is 4.63. The molecule has 0 unspecified atom stereocenters. The maximum absolute atomic E-state index is 14.7. The van der Waals surface area contributed by atoms with Gasteiger partial charge in [0.1, 0.15) is 30.6 Å². The minimum atomic E-state index is -3.59. The second-order valence-corrected chi connectivity index (χ2v) is 6.80. The number of aromatic nitrogens is 1. The number of hydrogen-bond acceptors (Lipinski definition) is 5. The van der Waals surface area contributed by atoms with E-state index in [4.69, 9.17) is 10.5 Å². The smallest absolute Gasteiger partial charge is 0.299 e. The Balaban J connectivity index is 1.93. The van der Waals surface area contributed by atoms with Gasteiger partial charge in [0.05, 0.1) is 0 Å². The number of amidine groups is 1. The molecule has 2 aromatic rings. The fourth-order valence-corrected chi connectivity index (χ4v) is 2.92. The van der Waals surface area contributed by atoms with Crippen LogP contribution in [0.5, 0.6) is 0 Å². The maximum atomic E-state index is 14.7. The van der Waals surface area contributed by atoms with Crippen molar-refractivity contribution in [3.05, 3.63) is 59.2 Å². The number of aliphatic imine (C=N–C) groups is 1. The van der Waals surface area contributed by atoms with Crippen LogP contribution in [0.25, 0.3) is 0 Å². The molecule has 0 saturated carbocycles. The van der Waals surface area contributed by atoms with Gasteiger partial charge in [0.2, 0.25) is 0 Å². The van der Waals surface area contributed by atoms with Crippen molar-refractivity contribution in [3.63, 3.8) is 0 Å². The molecular weight excluding hydrogens is 411 g/mol. The molecule has 0 bridgehead atoms. The number of nitrogens with two attached hydrogens (primary N) is 1. The highest BCUT2D eigenvalue weighted by atomic mass is 19.3. The number of pyridine rings is 1. The number of ether oxygens (including phenoxy) is 1. The molecule has 30 heavy (non-hydrogen) atoms. The lowest BCUT2D eigenvalue weighted by Crippen LogP contribution is -2.45. The quantitative estimate of drug-likeness (QED) is 0.728. The number of benzene rings is 1. The molecule has 1 aliphatic heterocycles. The third kappa shape index (κ3) is 4.11. The summed E-state index contributed by atoms with van der Waals surface area (Å²) in [5.41, 5.74) is 2.13. The van der Waals surface area contributed by atoms with E-state index in [-0.39, 0.29) is 29.4 Å². The van der Waals surface area contributed by atoms with Crippen LogP contribution in [0.3, 0.4) is 0 Å². The zero-order valence-electron chi connectivity index (χ0n) is 15.6. The summed E-state index contributed by atoms with van der Waals surface area (Å²) in [7, 11) is 0. The van der Waals surface area contributed by atoms with Gasteiger partial charge < -0.3 is 15.8 Å². The van der Waals surface area contributed by atoms with Crippen LogP contribution in [0, 0.1) is 5.82 Å². The highest BCUT2D eigenvalue weighted by Gasteiger charge is 2.54. The van der Waals surface area contributed by atoms with Gasteiger partial charge >= 0.3 is 0 Å². The molecule has 0 saturated heterocycles. The molecule has 0 aliphatic carbocycles. The van der Waals surface area contributed by atoms with Crippen LogP contribution in [-0.2, 0) is 10.3 Å². The second-order valence-electron chi connectivity index (χ2n) is 6.80. The van der Waals surface area contributed by atoms with E-state index in [1.54, 1.807) is 0 Å². The SMILES string of the molecule is C[C@]1(c2cc(NC(=O)c3ccc(C(F)F)cn3)ccc2F)N=C(N)COCC1(F)F. The summed E-state index contributed by atoms with van der Waals surface area (Å²) >= 11 is 0. The van der Waals surface area contributed by atoms with E-state index in [1.807, 2.05) is 0 Å². The summed E-state index contributed by atoms with van der Waals surface area (Å²) in [5, 5.41) is 2.37. The van der Waals surface area contributed by atoms with Crippen LogP contribution in [0.4, 0.5) is 27.6 Å². The number of nitrogens with one attached hydrogen (secondary N) is 1. The van der Waals surface area contributed by atoms with Crippen molar-refractivity contribution in [2.24, 2.45) is 10.7 Å². The van der Waals surface area contributed by atoms with Crippen molar-refractivity contribution in [1.29, 1.82) is 0 Å². The van der Waals surface area contributed by atoms with Gasteiger partial charge in [-0.3, -0.25) is 14.8 Å². The maximum Gasteiger partial charge on any atom is 0.299 e.